The van der Waals surface area contributed by atoms with Crippen LogP contribution in [0, 0.1) is 0 Å². The molecule has 0 spiro atoms. The summed E-state index contributed by atoms with van der Waals surface area (Å²) in [4.78, 5) is 14.0. The molecule has 1 aromatic heterocycles. The first-order chi connectivity index (χ1) is 11.0. The lowest BCUT2D eigenvalue weighted by molar-refractivity contribution is 0.0687. The summed E-state index contributed by atoms with van der Waals surface area (Å²) < 4.78 is 32.0. The minimum Gasteiger partial charge on any atom is -0.364 e. The van der Waals surface area contributed by atoms with E-state index in [4.69, 9.17) is 0 Å². The predicted octanol–water partition coefficient (Wildman–Crippen LogP) is 1.58. The van der Waals surface area contributed by atoms with Crippen LogP contribution in [0.25, 0.3) is 0 Å². The molecule has 0 bridgehead atoms. The molecule has 9 heteroatoms. The third-order valence-corrected chi connectivity index (χ3v) is 6.00. The van der Waals surface area contributed by atoms with Gasteiger partial charge in [0.2, 0.25) is 10.0 Å². The molecule has 7 nitrogen and oxygen atoms in total. The van der Waals surface area contributed by atoms with Crippen LogP contribution in [-0.2, 0) is 10.0 Å². The Balaban J connectivity index is 1.70. The molecule has 122 valence electrons. The fourth-order valence-corrected chi connectivity index (χ4v) is 4.41. The molecule has 1 aliphatic heterocycles. The van der Waals surface area contributed by atoms with Crippen LogP contribution in [0.4, 0.5) is 0 Å². The Kier molecular flexibility index (Phi) is 4.51. The molecule has 1 amide bonds. The molecule has 0 radical (unpaired) electrons. The van der Waals surface area contributed by atoms with E-state index in [0.717, 1.165) is 0 Å². The van der Waals surface area contributed by atoms with E-state index >= 15 is 0 Å². The number of sulfonamides is 1. The zero-order chi connectivity index (χ0) is 16.4. The Morgan fingerprint density at radius 3 is 2.52 bits per heavy atom. The molecule has 2 aromatic rings. The maximum Gasteiger partial charge on any atom is 0.276 e. The van der Waals surface area contributed by atoms with E-state index in [1.54, 1.807) is 29.2 Å². The number of nitrogens with zero attached hydrogens (tertiary/aromatic N) is 3. The number of carbonyl (C=O) groups excluding carboxylic acids is 1. The molecular weight excluding hydrogens is 386 g/mol. The highest BCUT2D eigenvalue weighted by Crippen LogP contribution is 2.21. The smallest absolute Gasteiger partial charge is 0.276 e. The lowest BCUT2D eigenvalue weighted by Gasteiger charge is -2.33. The maximum absolute atomic E-state index is 12.6. The van der Waals surface area contributed by atoms with Gasteiger partial charge in [-0.15, -0.1) is 0 Å². The maximum atomic E-state index is 12.6. The molecule has 0 atom stereocenters. The number of rotatable bonds is 3. The van der Waals surface area contributed by atoms with Gasteiger partial charge >= 0.3 is 0 Å². The molecule has 23 heavy (non-hydrogen) atoms. The van der Waals surface area contributed by atoms with E-state index in [9.17, 15) is 13.2 Å². The number of benzene rings is 1. The molecule has 1 saturated heterocycles. The fourth-order valence-electron chi connectivity index (χ4n) is 2.39. The van der Waals surface area contributed by atoms with Crippen LogP contribution in [-0.4, -0.2) is 54.9 Å². The lowest BCUT2D eigenvalue weighted by Crippen LogP contribution is -2.50. The van der Waals surface area contributed by atoms with Crippen LogP contribution in [0.5, 0.6) is 0 Å². The highest BCUT2D eigenvalue weighted by molar-refractivity contribution is 9.10. The van der Waals surface area contributed by atoms with Gasteiger partial charge in [0.15, 0.2) is 5.69 Å². The molecule has 2 heterocycles. The van der Waals surface area contributed by atoms with Crippen molar-refractivity contribution in [2.24, 2.45) is 0 Å². The third kappa shape index (κ3) is 3.31. The van der Waals surface area contributed by atoms with Crippen LogP contribution in [0.1, 0.15) is 10.5 Å². The van der Waals surface area contributed by atoms with Crippen molar-refractivity contribution in [2.45, 2.75) is 4.90 Å². The van der Waals surface area contributed by atoms with Crippen molar-refractivity contribution in [1.82, 2.24) is 14.4 Å². The summed E-state index contributed by atoms with van der Waals surface area (Å²) in [5.74, 6) is -0.252. The van der Waals surface area contributed by atoms with Gasteiger partial charge in [0.25, 0.3) is 5.91 Å². The SMILES string of the molecule is O=C(c1ccon1)N1CCN(S(=O)(=O)c2cccc(Br)c2)CC1. The zero-order valence-electron chi connectivity index (χ0n) is 12.1. The largest absolute Gasteiger partial charge is 0.364 e. The second-order valence-electron chi connectivity index (χ2n) is 5.04. The molecule has 0 aliphatic carbocycles. The average molecular weight is 400 g/mol. The molecule has 0 N–H and O–H groups in total. The van der Waals surface area contributed by atoms with Gasteiger partial charge in [-0.25, -0.2) is 8.42 Å². The van der Waals surface area contributed by atoms with E-state index in [0.29, 0.717) is 17.6 Å². The van der Waals surface area contributed by atoms with Gasteiger partial charge in [-0.2, -0.15) is 4.31 Å². The van der Waals surface area contributed by atoms with Crippen molar-refractivity contribution in [3.63, 3.8) is 0 Å². The number of amides is 1. The van der Waals surface area contributed by atoms with Crippen LogP contribution >= 0.6 is 15.9 Å². The number of halogens is 1. The van der Waals surface area contributed by atoms with E-state index in [2.05, 4.69) is 25.6 Å². The second-order valence-corrected chi connectivity index (χ2v) is 7.89. The molecule has 1 aromatic carbocycles. The Labute approximate surface area is 142 Å². The molecule has 3 rings (SSSR count). The minimum atomic E-state index is -3.56. The Morgan fingerprint density at radius 2 is 1.91 bits per heavy atom. The average Bonchev–Trinajstić information content (AvgIpc) is 3.09. The number of hydrogen-bond donors (Lipinski definition) is 0. The van der Waals surface area contributed by atoms with Crippen molar-refractivity contribution in [2.75, 3.05) is 26.2 Å². The minimum absolute atomic E-state index is 0.230. The van der Waals surface area contributed by atoms with Gasteiger partial charge in [-0.05, 0) is 18.2 Å². The van der Waals surface area contributed by atoms with Gasteiger partial charge in [-0.1, -0.05) is 27.2 Å². The number of hydrogen-bond acceptors (Lipinski definition) is 5. The van der Waals surface area contributed by atoms with Crippen molar-refractivity contribution in [3.05, 3.63) is 46.8 Å². The van der Waals surface area contributed by atoms with E-state index < -0.39 is 10.0 Å². The zero-order valence-corrected chi connectivity index (χ0v) is 14.5. The molecule has 1 fully saturated rings. The summed E-state index contributed by atoms with van der Waals surface area (Å²) in [6.45, 7) is 1.13. The monoisotopic (exact) mass is 399 g/mol. The standard InChI is InChI=1S/C14H14BrN3O4S/c15-11-2-1-3-12(10-11)23(20,21)18-7-5-17(6-8-18)14(19)13-4-9-22-16-13/h1-4,9-10H,5-8H2. The summed E-state index contributed by atoms with van der Waals surface area (Å²) in [7, 11) is -3.56. The predicted molar refractivity (Wildman–Crippen MR) is 85.3 cm³/mol. The van der Waals surface area contributed by atoms with Crippen LogP contribution in [0.15, 0.2) is 50.5 Å². The Bertz CT molecular complexity index is 799. The van der Waals surface area contributed by atoms with Crippen molar-refractivity contribution in [3.8, 4) is 0 Å². The lowest BCUT2D eigenvalue weighted by atomic mass is 10.3. The highest BCUT2D eigenvalue weighted by Gasteiger charge is 2.31. The van der Waals surface area contributed by atoms with Crippen LogP contribution in [0.2, 0.25) is 0 Å². The van der Waals surface area contributed by atoms with E-state index in [-0.39, 0.29) is 29.6 Å². The van der Waals surface area contributed by atoms with Gasteiger partial charge in [0.1, 0.15) is 6.26 Å². The normalized spacial score (nSPS) is 16.5. The summed E-state index contributed by atoms with van der Waals surface area (Å²) in [5, 5.41) is 3.61. The van der Waals surface area contributed by atoms with Gasteiger partial charge in [-0.3, -0.25) is 4.79 Å². The van der Waals surface area contributed by atoms with Crippen molar-refractivity contribution >= 4 is 31.9 Å². The number of carbonyl (C=O) groups is 1. The van der Waals surface area contributed by atoms with Gasteiger partial charge in [0, 0.05) is 36.7 Å². The summed E-state index contributed by atoms with van der Waals surface area (Å²) in [6.07, 6.45) is 1.33. The highest BCUT2D eigenvalue weighted by atomic mass is 79.9. The molecule has 0 saturated carbocycles. The van der Waals surface area contributed by atoms with Gasteiger partial charge < -0.3 is 9.42 Å². The molecular formula is C14H14BrN3O4S. The fraction of sp³-hybridized carbons (Fsp3) is 0.286. The Morgan fingerprint density at radius 1 is 1.17 bits per heavy atom. The molecule has 0 unspecified atom stereocenters. The summed E-state index contributed by atoms with van der Waals surface area (Å²) in [5.41, 5.74) is 0.230. The first-order valence-electron chi connectivity index (χ1n) is 6.94. The summed E-state index contributed by atoms with van der Waals surface area (Å²) >= 11 is 3.28. The topological polar surface area (TPSA) is 83.7 Å². The van der Waals surface area contributed by atoms with Gasteiger partial charge in [0.05, 0.1) is 4.90 Å². The first kappa shape index (κ1) is 16.2. The molecule has 1 aliphatic rings. The summed E-state index contributed by atoms with van der Waals surface area (Å²) in [6, 6.07) is 8.08. The number of piperazine rings is 1. The quantitative estimate of drug-likeness (QED) is 0.782. The van der Waals surface area contributed by atoms with Crippen LogP contribution in [0.3, 0.4) is 0 Å². The first-order valence-corrected chi connectivity index (χ1v) is 9.17. The second kappa shape index (κ2) is 6.42. The third-order valence-electron chi connectivity index (χ3n) is 3.62. The van der Waals surface area contributed by atoms with Crippen LogP contribution < -0.4 is 0 Å². The van der Waals surface area contributed by atoms with E-state index in [1.165, 1.54) is 16.6 Å². The van der Waals surface area contributed by atoms with E-state index in [1.807, 2.05) is 0 Å². The Hall–Kier alpha value is -1.71. The van der Waals surface area contributed by atoms with Crippen molar-refractivity contribution in [1.29, 1.82) is 0 Å². The number of aromatic nitrogens is 1. The van der Waals surface area contributed by atoms with Crippen molar-refractivity contribution < 1.29 is 17.7 Å².